The molecule has 8 rings (SSSR count). The normalized spacial score (nSPS) is 23.3. The Labute approximate surface area is 318 Å². The summed E-state index contributed by atoms with van der Waals surface area (Å²) in [5, 5.41) is 25.1. The van der Waals surface area contributed by atoms with Crippen LogP contribution in [0.2, 0.25) is 0 Å². The third-order valence-electron chi connectivity index (χ3n) is 11.4. The van der Waals surface area contributed by atoms with E-state index >= 15 is 0 Å². The minimum atomic E-state index is -4.38. The molecule has 300 valence electrons. The molecule has 4 aromatic heterocycles. The smallest absolute Gasteiger partial charge is 0.394 e. The fourth-order valence-electron chi connectivity index (χ4n) is 7.57. The number of rotatable bonds is 12. The highest BCUT2D eigenvalue weighted by molar-refractivity contribution is 5.97. The molecule has 16 heteroatoms. The molecule has 0 radical (unpaired) electrons. The van der Waals surface area contributed by atoms with Gasteiger partial charge in [-0.3, -0.25) is 9.59 Å². The van der Waals surface area contributed by atoms with E-state index in [-0.39, 0.29) is 48.6 Å². The molecule has 10 nitrogen and oxygen atoms in total. The second kappa shape index (κ2) is 16.2. The molecular formula is C40H44F6N6O4. The minimum Gasteiger partial charge on any atom is -0.396 e. The van der Waals surface area contributed by atoms with Crippen LogP contribution in [-0.4, -0.2) is 79.6 Å². The highest BCUT2D eigenvalue weighted by Gasteiger charge is 2.44. The molecule has 0 unspecified atom stereocenters. The number of halogens is 6. The number of nitrogens with zero attached hydrogens (tertiary/aromatic N) is 4. The summed E-state index contributed by atoms with van der Waals surface area (Å²) < 4.78 is 76.4. The molecule has 4 fully saturated rings. The SMILES string of the molecule is O=C(NC1CC(C[C@H](CO)C(F)(F)F)C1)c1cnc2nc(C3CC3)ccc2c1.O=C(NC1CC(C[C@H](CO)C(F)(F)F)C1)c1cnc2nc(C3CC3)ccc2c1. The summed E-state index contributed by atoms with van der Waals surface area (Å²) in [4.78, 5) is 42.5. The third kappa shape index (κ3) is 9.74. The van der Waals surface area contributed by atoms with E-state index < -0.39 is 37.4 Å². The first-order valence-electron chi connectivity index (χ1n) is 19.2. The van der Waals surface area contributed by atoms with Crippen LogP contribution < -0.4 is 10.6 Å². The van der Waals surface area contributed by atoms with Crippen molar-refractivity contribution in [2.75, 3.05) is 13.2 Å². The molecule has 0 aliphatic heterocycles. The molecule has 2 amide bonds. The number of hydrogen-bond acceptors (Lipinski definition) is 8. The van der Waals surface area contributed by atoms with Gasteiger partial charge < -0.3 is 20.8 Å². The number of carbonyl (C=O) groups is 2. The van der Waals surface area contributed by atoms with Crippen molar-refractivity contribution in [1.29, 1.82) is 0 Å². The average molecular weight is 787 g/mol. The first kappa shape index (κ1) is 39.8. The van der Waals surface area contributed by atoms with Gasteiger partial charge in [-0.1, -0.05) is 0 Å². The predicted molar refractivity (Wildman–Crippen MR) is 193 cm³/mol. The van der Waals surface area contributed by atoms with E-state index in [1.165, 1.54) is 12.4 Å². The molecule has 0 saturated heterocycles. The van der Waals surface area contributed by atoms with Crippen LogP contribution in [0.4, 0.5) is 26.3 Å². The Balaban J connectivity index is 0.000000172. The minimum absolute atomic E-state index is 0.0983. The van der Waals surface area contributed by atoms with Gasteiger partial charge in [-0.15, -0.1) is 0 Å². The van der Waals surface area contributed by atoms with Gasteiger partial charge in [0.15, 0.2) is 11.3 Å². The first-order chi connectivity index (χ1) is 26.7. The molecule has 4 N–H and O–H groups in total. The zero-order chi connectivity index (χ0) is 39.8. The number of aliphatic hydroxyl groups excluding tert-OH is 2. The Hall–Kier alpha value is -4.44. The summed E-state index contributed by atoms with van der Waals surface area (Å²) in [6, 6.07) is 11.0. The lowest BCUT2D eigenvalue weighted by molar-refractivity contribution is -0.191. The van der Waals surface area contributed by atoms with Crippen molar-refractivity contribution < 1.29 is 46.1 Å². The van der Waals surface area contributed by atoms with Crippen molar-refractivity contribution in [1.82, 2.24) is 30.6 Å². The molecular weight excluding hydrogens is 742 g/mol. The third-order valence-corrected chi connectivity index (χ3v) is 11.4. The van der Waals surface area contributed by atoms with Crippen LogP contribution in [0.3, 0.4) is 0 Å². The van der Waals surface area contributed by atoms with Crippen LogP contribution >= 0.6 is 0 Å². The second-order valence-electron chi connectivity index (χ2n) is 15.9. The Morgan fingerprint density at radius 2 is 1.02 bits per heavy atom. The van der Waals surface area contributed by atoms with Gasteiger partial charge >= 0.3 is 12.4 Å². The Morgan fingerprint density at radius 3 is 1.34 bits per heavy atom. The van der Waals surface area contributed by atoms with Gasteiger partial charge in [0.1, 0.15) is 0 Å². The Kier molecular flexibility index (Phi) is 11.5. The van der Waals surface area contributed by atoms with Gasteiger partial charge in [0, 0.05) is 58.5 Å². The maximum Gasteiger partial charge on any atom is 0.394 e. The molecule has 4 aromatic rings. The van der Waals surface area contributed by atoms with Crippen molar-refractivity contribution in [2.24, 2.45) is 23.7 Å². The van der Waals surface area contributed by atoms with Crippen molar-refractivity contribution in [3.05, 3.63) is 71.3 Å². The van der Waals surface area contributed by atoms with E-state index in [2.05, 4.69) is 30.6 Å². The van der Waals surface area contributed by atoms with Crippen LogP contribution in [0, 0.1) is 23.7 Å². The molecule has 4 heterocycles. The standard InChI is InChI=1S/2C20H22F3N3O2/c2*21-20(22,23)15(10-27)5-11-6-16(7-11)25-19(28)14-8-13-3-4-17(12-1-2-12)26-18(13)24-9-14/h2*3-4,8-9,11-12,15-16,27H,1-2,5-7,10H2,(H,25,28)/t2*11?,15-,16?/m11/s1. The Morgan fingerprint density at radius 1 is 0.643 bits per heavy atom. The summed E-state index contributed by atoms with van der Waals surface area (Å²) in [5.41, 5.74) is 4.15. The Bertz CT molecular complexity index is 1900. The zero-order valence-electron chi connectivity index (χ0n) is 30.5. The predicted octanol–water partition coefficient (Wildman–Crippen LogP) is 7.15. The zero-order valence-corrected chi connectivity index (χ0v) is 30.5. The van der Waals surface area contributed by atoms with Crippen molar-refractivity contribution in [2.45, 2.75) is 100 Å². The molecule has 4 saturated carbocycles. The molecule has 56 heavy (non-hydrogen) atoms. The molecule has 0 spiro atoms. The highest BCUT2D eigenvalue weighted by Crippen LogP contribution is 2.42. The summed E-state index contributed by atoms with van der Waals surface area (Å²) in [7, 11) is 0. The number of alkyl halides is 6. The van der Waals surface area contributed by atoms with Gasteiger partial charge in [-0.05, 0) is 112 Å². The van der Waals surface area contributed by atoms with Crippen LogP contribution in [-0.2, 0) is 0 Å². The maximum atomic E-state index is 12.7. The summed E-state index contributed by atoms with van der Waals surface area (Å²) in [6.07, 6.45) is 0.609. The number of aliphatic hydroxyl groups is 2. The second-order valence-corrected chi connectivity index (χ2v) is 15.9. The number of nitrogens with one attached hydrogen (secondary N) is 2. The van der Waals surface area contributed by atoms with Gasteiger partial charge in [-0.2, -0.15) is 26.3 Å². The van der Waals surface area contributed by atoms with Crippen LogP contribution in [0.15, 0.2) is 48.8 Å². The molecule has 0 aromatic carbocycles. The monoisotopic (exact) mass is 786 g/mol. The van der Waals surface area contributed by atoms with Gasteiger partial charge in [0.25, 0.3) is 11.8 Å². The number of pyridine rings is 4. The number of amides is 2. The molecule has 4 aliphatic carbocycles. The summed E-state index contributed by atoms with van der Waals surface area (Å²) in [5.74, 6) is -3.14. The fourth-order valence-corrected chi connectivity index (χ4v) is 7.57. The van der Waals surface area contributed by atoms with Gasteiger partial charge in [0.2, 0.25) is 0 Å². The first-order valence-corrected chi connectivity index (χ1v) is 19.2. The van der Waals surface area contributed by atoms with Crippen LogP contribution in [0.5, 0.6) is 0 Å². The number of hydrogen-bond donors (Lipinski definition) is 4. The van der Waals surface area contributed by atoms with Crippen molar-refractivity contribution >= 4 is 33.9 Å². The summed E-state index contributed by atoms with van der Waals surface area (Å²) in [6.45, 7) is -1.79. The lowest BCUT2D eigenvalue weighted by atomic mass is 9.75. The lowest BCUT2D eigenvalue weighted by Gasteiger charge is -2.37. The van der Waals surface area contributed by atoms with E-state index in [0.29, 0.717) is 59.9 Å². The quantitative estimate of drug-likeness (QED) is 0.111. The molecule has 2 atom stereocenters. The van der Waals surface area contributed by atoms with Crippen LogP contribution in [0.25, 0.3) is 22.1 Å². The van der Waals surface area contributed by atoms with E-state index in [1.807, 2.05) is 24.3 Å². The number of fused-ring (bicyclic) bond motifs is 2. The largest absolute Gasteiger partial charge is 0.396 e. The van der Waals surface area contributed by atoms with Crippen molar-refractivity contribution in [3.8, 4) is 0 Å². The lowest BCUT2D eigenvalue weighted by Crippen LogP contribution is -2.45. The fraction of sp³-hybridized carbons (Fsp3) is 0.550. The van der Waals surface area contributed by atoms with E-state index in [9.17, 15) is 35.9 Å². The van der Waals surface area contributed by atoms with E-state index in [0.717, 1.165) is 47.8 Å². The number of carbonyl (C=O) groups excluding carboxylic acids is 2. The topological polar surface area (TPSA) is 150 Å². The van der Waals surface area contributed by atoms with Crippen molar-refractivity contribution in [3.63, 3.8) is 0 Å². The van der Waals surface area contributed by atoms with Gasteiger partial charge in [0.05, 0.1) is 36.2 Å². The number of aromatic nitrogens is 4. The molecule has 0 bridgehead atoms. The van der Waals surface area contributed by atoms with E-state index in [1.54, 1.807) is 12.1 Å². The van der Waals surface area contributed by atoms with Gasteiger partial charge in [-0.25, -0.2) is 19.9 Å². The van der Waals surface area contributed by atoms with E-state index in [4.69, 9.17) is 10.2 Å². The average Bonchev–Trinajstić information content (AvgIpc) is 4.06. The highest BCUT2D eigenvalue weighted by atomic mass is 19.4. The summed E-state index contributed by atoms with van der Waals surface area (Å²) >= 11 is 0. The molecule has 4 aliphatic rings. The maximum absolute atomic E-state index is 12.7. The van der Waals surface area contributed by atoms with Crippen LogP contribution in [0.1, 0.15) is 108 Å².